The van der Waals surface area contributed by atoms with E-state index in [1.807, 2.05) is 36.4 Å². The summed E-state index contributed by atoms with van der Waals surface area (Å²) in [4.78, 5) is 0. The third kappa shape index (κ3) is 3.46. The molecule has 0 aromatic heterocycles. The van der Waals surface area contributed by atoms with Crippen LogP contribution in [0.4, 0.5) is 5.69 Å². The van der Waals surface area contributed by atoms with Crippen LogP contribution in [0.3, 0.4) is 0 Å². The lowest BCUT2D eigenvalue weighted by Gasteiger charge is -2.14. The standard InChI is InChI=1S/C15H15Br2NO2/c1-19-14-5-3-4-10(15(14)20-2)9-18-13-8-11(16)6-7-12(13)17/h3-8,18H,9H2,1-2H3. The molecule has 0 bridgehead atoms. The number of benzene rings is 2. The van der Waals surface area contributed by atoms with Crippen LogP contribution < -0.4 is 14.8 Å². The van der Waals surface area contributed by atoms with Crippen molar-refractivity contribution >= 4 is 37.5 Å². The van der Waals surface area contributed by atoms with Gasteiger partial charge in [-0.15, -0.1) is 0 Å². The number of nitrogens with one attached hydrogen (secondary N) is 1. The minimum atomic E-state index is 0.648. The number of hydrogen-bond donors (Lipinski definition) is 1. The lowest BCUT2D eigenvalue weighted by atomic mass is 10.1. The van der Waals surface area contributed by atoms with Gasteiger partial charge < -0.3 is 14.8 Å². The van der Waals surface area contributed by atoms with Crippen molar-refractivity contribution in [2.45, 2.75) is 6.54 Å². The summed E-state index contributed by atoms with van der Waals surface area (Å²) in [5, 5.41) is 3.38. The van der Waals surface area contributed by atoms with E-state index in [2.05, 4.69) is 37.2 Å². The number of hydrogen-bond acceptors (Lipinski definition) is 3. The molecular weight excluding hydrogens is 386 g/mol. The van der Waals surface area contributed by atoms with E-state index in [4.69, 9.17) is 9.47 Å². The molecule has 0 saturated carbocycles. The third-order valence-electron chi connectivity index (χ3n) is 2.88. The monoisotopic (exact) mass is 399 g/mol. The Balaban J connectivity index is 2.20. The van der Waals surface area contributed by atoms with Gasteiger partial charge in [0.2, 0.25) is 0 Å². The SMILES string of the molecule is COc1cccc(CNc2cc(Br)ccc2Br)c1OC. The van der Waals surface area contributed by atoms with Crippen LogP contribution >= 0.6 is 31.9 Å². The smallest absolute Gasteiger partial charge is 0.165 e. The minimum absolute atomic E-state index is 0.648. The third-order valence-corrected chi connectivity index (χ3v) is 4.07. The van der Waals surface area contributed by atoms with Gasteiger partial charge in [-0.2, -0.15) is 0 Å². The Morgan fingerprint density at radius 3 is 2.55 bits per heavy atom. The van der Waals surface area contributed by atoms with Crippen LogP contribution in [0.5, 0.6) is 11.5 Å². The molecule has 0 aliphatic carbocycles. The molecule has 0 atom stereocenters. The molecule has 2 rings (SSSR count). The topological polar surface area (TPSA) is 30.5 Å². The highest BCUT2D eigenvalue weighted by molar-refractivity contribution is 9.11. The molecule has 0 spiro atoms. The maximum Gasteiger partial charge on any atom is 0.165 e. The van der Waals surface area contributed by atoms with Crippen molar-refractivity contribution in [3.8, 4) is 11.5 Å². The van der Waals surface area contributed by atoms with E-state index in [1.54, 1.807) is 14.2 Å². The second-order valence-corrected chi connectivity index (χ2v) is 5.90. The highest BCUT2D eigenvalue weighted by Gasteiger charge is 2.09. The zero-order valence-electron chi connectivity index (χ0n) is 11.2. The summed E-state index contributed by atoms with van der Waals surface area (Å²) < 4.78 is 12.8. The van der Waals surface area contributed by atoms with E-state index in [0.29, 0.717) is 6.54 Å². The zero-order chi connectivity index (χ0) is 14.5. The fourth-order valence-electron chi connectivity index (χ4n) is 1.92. The van der Waals surface area contributed by atoms with Crippen LogP contribution in [0, 0.1) is 0 Å². The molecule has 0 aliphatic heterocycles. The van der Waals surface area contributed by atoms with Crippen molar-refractivity contribution in [3.63, 3.8) is 0 Å². The van der Waals surface area contributed by atoms with Gasteiger partial charge in [0.1, 0.15) is 0 Å². The molecule has 0 radical (unpaired) electrons. The van der Waals surface area contributed by atoms with Gasteiger partial charge in [0, 0.05) is 26.7 Å². The molecule has 0 unspecified atom stereocenters. The van der Waals surface area contributed by atoms with E-state index in [1.165, 1.54) is 0 Å². The van der Waals surface area contributed by atoms with E-state index in [9.17, 15) is 0 Å². The van der Waals surface area contributed by atoms with Crippen LogP contribution in [0.1, 0.15) is 5.56 Å². The Hall–Kier alpha value is -1.20. The van der Waals surface area contributed by atoms with Crippen molar-refractivity contribution in [2.75, 3.05) is 19.5 Å². The molecule has 0 aliphatic rings. The molecule has 5 heteroatoms. The average molecular weight is 401 g/mol. The van der Waals surface area contributed by atoms with Crippen molar-refractivity contribution in [1.29, 1.82) is 0 Å². The Labute approximate surface area is 135 Å². The van der Waals surface area contributed by atoms with Gasteiger partial charge in [0.05, 0.1) is 14.2 Å². The van der Waals surface area contributed by atoms with Gasteiger partial charge in [-0.1, -0.05) is 28.1 Å². The van der Waals surface area contributed by atoms with Gasteiger partial charge in [-0.05, 0) is 40.2 Å². The molecule has 2 aromatic carbocycles. The summed E-state index contributed by atoms with van der Waals surface area (Å²) in [7, 11) is 3.29. The number of para-hydroxylation sites is 1. The fraction of sp³-hybridized carbons (Fsp3) is 0.200. The van der Waals surface area contributed by atoms with Gasteiger partial charge >= 0.3 is 0 Å². The number of ether oxygens (including phenoxy) is 2. The van der Waals surface area contributed by atoms with Crippen LogP contribution in [0.15, 0.2) is 45.3 Å². The number of halogens is 2. The van der Waals surface area contributed by atoms with Crippen LogP contribution in [0.2, 0.25) is 0 Å². The van der Waals surface area contributed by atoms with Crippen LogP contribution in [0.25, 0.3) is 0 Å². The highest BCUT2D eigenvalue weighted by Crippen LogP contribution is 2.32. The second kappa shape index (κ2) is 6.99. The molecule has 2 aromatic rings. The normalized spacial score (nSPS) is 10.2. The minimum Gasteiger partial charge on any atom is -0.493 e. The largest absolute Gasteiger partial charge is 0.493 e. The van der Waals surface area contributed by atoms with Crippen molar-refractivity contribution in [2.24, 2.45) is 0 Å². The van der Waals surface area contributed by atoms with Crippen molar-refractivity contribution < 1.29 is 9.47 Å². The lowest BCUT2D eigenvalue weighted by Crippen LogP contribution is -2.03. The predicted octanol–water partition coefficient (Wildman–Crippen LogP) is 4.84. The van der Waals surface area contributed by atoms with E-state index in [-0.39, 0.29) is 0 Å². The lowest BCUT2D eigenvalue weighted by molar-refractivity contribution is 0.352. The van der Waals surface area contributed by atoms with Gasteiger partial charge in [-0.3, -0.25) is 0 Å². The number of rotatable bonds is 5. The molecule has 1 N–H and O–H groups in total. The first kappa shape index (κ1) is 15.2. The second-order valence-electron chi connectivity index (χ2n) is 4.13. The van der Waals surface area contributed by atoms with Crippen LogP contribution in [-0.4, -0.2) is 14.2 Å². The first-order valence-corrected chi connectivity index (χ1v) is 7.63. The summed E-state index contributed by atoms with van der Waals surface area (Å²) in [6.45, 7) is 0.648. The van der Waals surface area contributed by atoms with E-state index >= 15 is 0 Å². The Morgan fingerprint density at radius 1 is 1.05 bits per heavy atom. The van der Waals surface area contributed by atoms with Crippen LogP contribution in [-0.2, 0) is 6.54 Å². The molecule has 0 saturated heterocycles. The van der Waals surface area contributed by atoms with E-state index in [0.717, 1.165) is 31.7 Å². The maximum absolute atomic E-state index is 5.42. The fourth-order valence-corrected chi connectivity index (χ4v) is 2.66. The van der Waals surface area contributed by atoms with Crippen molar-refractivity contribution in [1.82, 2.24) is 0 Å². The van der Waals surface area contributed by atoms with Gasteiger partial charge in [0.15, 0.2) is 11.5 Å². The van der Waals surface area contributed by atoms with Crippen molar-refractivity contribution in [3.05, 3.63) is 50.9 Å². The molecule has 0 amide bonds. The molecule has 20 heavy (non-hydrogen) atoms. The summed E-state index contributed by atoms with van der Waals surface area (Å²) in [6.07, 6.45) is 0. The zero-order valence-corrected chi connectivity index (χ0v) is 14.4. The Morgan fingerprint density at radius 2 is 1.85 bits per heavy atom. The summed E-state index contributed by atoms with van der Waals surface area (Å²) in [5.41, 5.74) is 2.06. The summed E-state index contributed by atoms with van der Waals surface area (Å²) in [5.74, 6) is 1.49. The molecule has 0 fully saturated rings. The Bertz CT molecular complexity index is 602. The average Bonchev–Trinajstić information content (AvgIpc) is 2.47. The number of anilines is 1. The quantitative estimate of drug-likeness (QED) is 0.778. The summed E-state index contributed by atoms with van der Waals surface area (Å²) in [6, 6.07) is 11.9. The van der Waals surface area contributed by atoms with Gasteiger partial charge in [-0.25, -0.2) is 0 Å². The molecule has 3 nitrogen and oxygen atoms in total. The molecule has 106 valence electrons. The highest BCUT2D eigenvalue weighted by atomic mass is 79.9. The molecular formula is C15H15Br2NO2. The van der Waals surface area contributed by atoms with Gasteiger partial charge in [0.25, 0.3) is 0 Å². The maximum atomic E-state index is 5.42. The van der Waals surface area contributed by atoms with E-state index < -0.39 is 0 Å². The first-order chi connectivity index (χ1) is 9.65. The Kier molecular flexibility index (Phi) is 5.31. The number of methoxy groups -OCH3 is 2. The predicted molar refractivity (Wildman–Crippen MR) is 88.7 cm³/mol. The first-order valence-electron chi connectivity index (χ1n) is 6.04. The summed E-state index contributed by atoms with van der Waals surface area (Å²) >= 11 is 7.00. The molecule has 0 heterocycles.